The van der Waals surface area contributed by atoms with Crippen LogP contribution < -0.4 is 0 Å². The highest BCUT2D eigenvalue weighted by atomic mass is 16.5. The van der Waals surface area contributed by atoms with E-state index in [-0.39, 0.29) is 5.54 Å². The van der Waals surface area contributed by atoms with E-state index in [1.807, 2.05) is 0 Å². The van der Waals surface area contributed by atoms with Gasteiger partial charge in [-0.2, -0.15) is 0 Å². The first-order valence-electron chi connectivity index (χ1n) is 9.76. The molecular formula is C19H34N2O2. The minimum atomic E-state index is 0.0760. The molecule has 23 heavy (non-hydrogen) atoms. The Labute approximate surface area is 141 Å². The molecular weight excluding hydrogens is 288 g/mol. The Morgan fingerprint density at radius 1 is 1.04 bits per heavy atom. The molecule has 0 aromatic carbocycles. The molecule has 4 nitrogen and oxygen atoms in total. The van der Waals surface area contributed by atoms with E-state index < -0.39 is 0 Å². The van der Waals surface area contributed by atoms with Crippen LogP contribution in [0.25, 0.3) is 0 Å². The number of hydrogen-bond acceptors (Lipinski definition) is 3. The van der Waals surface area contributed by atoms with Gasteiger partial charge in [0.2, 0.25) is 5.91 Å². The van der Waals surface area contributed by atoms with Gasteiger partial charge in [-0.15, -0.1) is 0 Å². The molecule has 0 aromatic heterocycles. The van der Waals surface area contributed by atoms with E-state index in [9.17, 15) is 4.79 Å². The van der Waals surface area contributed by atoms with Gasteiger partial charge in [-0.3, -0.25) is 4.79 Å². The molecule has 0 N–H and O–H groups in total. The zero-order chi connectivity index (χ0) is 16.1. The minimum absolute atomic E-state index is 0.0760. The standard InChI is InChI=1S/C19H34N2O2/c1-20-12-9-19(10-15-23-16-11-19)21(14-13-20)18(22)8-7-17-5-3-2-4-6-17/h17H,2-16H2,1H3. The lowest BCUT2D eigenvalue weighted by molar-refractivity contribution is -0.142. The van der Waals surface area contributed by atoms with Crippen LogP contribution in [0, 0.1) is 5.92 Å². The van der Waals surface area contributed by atoms with Crippen molar-refractivity contribution in [2.75, 3.05) is 39.9 Å². The van der Waals surface area contributed by atoms with Crippen molar-refractivity contribution < 1.29 is 9.53 Å². The lowest BCUT2D eigenvalue weighted by Crippen LogP contribution is -2.55. The molecule has 3 fully saturated rings. The lowest BCUT2D eigenvalue weighted by atomic mass is 9.83. The van der Waals surface area contributed by atoms with Crippen LogP contribution >= 0.6 is 0 Å². The Bertz CT molecular complexity index is 387. The Hall–Kier alpha value is -0.610. The van der Waals surface area contributed by atoms with Gasteiger partial charge in [0.25, 0.3) is 0 Å². The van der Waals surface area contributed by atoms with Gasteiger partial charge >= 0.3 is 0 Å². The molecule has 1 spiro atoms. The molecule has 0 unspecified atom stereocenters. The second-order valence-electron chi connectivity index (χ2n) is 7.98. The van der Waals surface area contributed by atoms with Crippen molar-refractivity contribution in [2.24, 2.45) is 5.92 Å². The quantitative estimate of drug-likeness (QED) is 0.800. The summed E-state index contributed by atoms with van der Waals surface area (Å²) in [6.45, 7) is 4.65. The van der Waals surface area contributed by atoms with Crippen LogP contribution in [0.2, 0.25) is 0 Å². The SMILES string of the molecule is CN1CCN(C(=O)CCC2CCCCC2)C2(CCOCC2)CC1. The van der Waals surface area contributed by atoms with Gasteiger partial charge in [0.15, 0.2) is 0 Å². The fourth-order valence-electron chi connectivity index (χ4n) is 4.75. The van der Waals surface area contributed by atoms with E-state index in [1.165, 1.54) is 32.1 Å². The van der Waals surface area contributed by atoms with Crippen LogP contribution in [0.4, 0.5) is 0 Å². The Kier molecular flexibility index (Phi) is 5.97. The number of hydrogen-bond donors (Lipinski definition) is 0. The Morgan fingerprint density at radius 3 is 2.52 bits per heavy atom. The van der Waals surface area contributed by atoms with Crippen molar-refractivity contribution in [3.05, 3.63) is 0 Å². The highest BCUT2D eigenvalue weighted by molar-refractivity contribution is 5.77. The molecule has 3 rings (SSSR count). The molecule has 1 amide bonds. The predicted molar refractivity (Wildman–Crippen MR) is 92.4 cm³/mol. The summed E-state index contributed by atoms with van der Waals surface area (Å²) in [6.07, 6.45) is 11.8. The summed E-state index contributed by atoms with van der Waals surface area (Å²) in [5.74, 6) is 1.21. The van der Waals surface area contributed by atoms with E-state index >= 15 is 0 Å². The number of ether oxygens (including phenoxy) is 1. The van der Waals surface area contributed by atoms with E-state index in [2.05, 4.69) is 16.8 Å². The molecule has 132 valence electrons. The first kappa shape index (κ1) is 17.2. The third kappa shape index (κ3) is 4.27. The second kappa shape index (κ2) is 7.98. The van der Waals surface area contributed by atoms with Gasteiger partial charge in [-0.1, -0.05) is 32.1 Å². The lowest BCUT2D eigenvalue weighted by Gasteiger charge is -2.45. The summed E-state index contributed by atoms with van der Waals surface area (Å²) in [5.41, 5.74) is 0.0760. The molecule has 3 aliphatic rings. The zero-order valence-electron chi connectivity index (χ0n) is 14.9. The van der Waals surface area contributed by atoms with Gasteiger partial charge in [-0.05, 0) is 38.6 Å². The first-order valence-corrected chi connectivity index (χ1v) is 9.76. The number of amides is 1. The Morgan fingerprint density at radius 2 is 1.78 bits per heavy atom. The van der Waals surface area contributed by atoms with E-state index in [1.54, 1.807) is 0 Å². The average molecular weight is 322 g/mol. The van der Waals surface area contributed by atoms with Crippen LogP contribution in [0.15, 0.2) is 0 Å². The minimum Gasteiger partial charge on any atom is -0.381 e. The first-order chi connectivity index (χ1) is 11.2. The number of nitrogens with zero attached hydrogens (tertiary/aromatic N) is 2. The van der Waals surface area contributed by atoms with Crippen molar-refractivity contribution in [1.29, 1.82) is 0 Å². The molecule has 4 heteroatoms. The summed E-state index contributed by atoms with van der Waals surface area (Å²) in [5, 5.41) is 0. The highest BCUT2D eigenvalue weighted by Crippen LogP contribution is 2.35. The topological polar surface area (TPSA) is 32.8 Å². The molecule has 1 saturated carbocycles. The molecule has 2 heterocycles. The summed E-state index contributed by atoms with van der Waals surface area (Å²) >= 11 is 0. The number of carbonyl (C=O) groups is 1. The third-order valence-electron chi connectivity index (χ3n) is 6.45. The maximum Gasteiger partial charge on any atom is 0.223 e. The van der Waals surface area contributed by atoms with Crippen molar-refractivity contribution in [1.82, 2.24) is 9.80 Å². The zero-order valence-corrected chi connectivity index (χ0v) is 14.9. The fourth-order valence-corrected chi connectivity index (χ4v) is 4.75. The molecule has 0 aromatic rings. The van der Waals surface area contributed by atoms with E-state index in [0.29, 0.717) is 5.91 Å². The Balaban J connectivity index is 1.62. The van der Waals surface area contributed by atoms with Crippen LogP contribution in [0.1, 0.15) is 64.2 Å². The van der Waals surface area contributed by atoms with Gasteiger partial charge in [0.1, 0.15) is 0 Å². The van der Waals surface area contributed by atoms with Gasteiger partial charge in [0.05, 0.1) is 0 Å². The number of rotatable bonds is 3. The van der Waals surface area contributed by atoms with Crippen molar-refractivity contribution in [3.8, 4) is 0 Å². The highest BCUT2D eigenvalue weighted by Gasteiger charge is 2.42. The van der Waals surface area contributed by atoms with Gasteiger partial charge in [0, 0.05) is 44.8 Å². The van der Waals surface area contributed by atoms with Crippen molar-refractivity contribution >= 4 is 5.91 Å². The predicted octanol–water partition coefficient (Wildman–Crippen LogP) is 3.06. The number of likely N-dealkylation sites (N-methyl/N-ethyl adjacent to an activating group) is 1. The molecule has 0 radical (unpaired) electrons. The summed E-state index contributed by atoms with van der Waals surface area (Å²) in [7, 11) is 2.18. The summed E-state index contributed by atoms with van der Waals surface area (Å²) < 4.78 is 5.60. The molecule has 0 atom stereocenters. The second-order valence-corrected chi connectivity index (χ2v) is 7.98. The van der Waals surface area contributed by atoms with Gasteiger partial charge < -0.3 is 14.5 Å². The van der Waals surface area contributed by atoms with Gasteiger partial charge in [-0.25, -0.2) is 0 Å². The monoisotopic (exact) mass is 322 g/mol. The van der Waals surface area contributed by atoms with Crippen molar-refractivity contribution in [2.45, 2.75) is 69.7 Å². The smallest absolute Gasteiger partial charge is 0.223 e. The van der Waals surface area contributed by atoms with E-state index in [0.717, 1.165) is 70.9 Å². The maximum absolute atomic E-state index is 13.0. The normalized spacial score (nSPS) is 27.1. The maximum atomic E-state index is 13.0. The fraction of sp³-hybridized carbons (Fsp3) is 0.947. The molecule has 0 bridgehead atoms. The molecule has 1 aliphatic carbocycles. The van der Waals surface area contributed by atoms with Crippen LogP contribution in [0.3, 0.4) is 0 Å². The third-order valence-corrected chi connectivity index (χ3v) is 6.45. The average Bonchev–Trinajstić information content (AvgIpc) is 2.74. The van der Waals surface area contributed by atoms with E-state index in [4.69, 9.17) is 4.74 Å². The van der Waals surface area contributed by atoms with Crippen LogP contribution in [0.5, 0.6) is 0 Å². The van der Waals surface area contributed by atoms with Crippen LogP contribution in [-0.2, 0) is 9.53 Å². The molecule has 2 aliphatic heterocycles. The largest absolute Gasteiger partial charge is 0.381 e. The summed E-state index contributed by atoms with van der Waals surface area (Å²) in [6, 6.07) is 0. The van der Waals surface area contributed by atoms with Crippen LogP contribution in [-0.4, -0.2) is 61.1 Å². The van der Waals surface area contributed by atoms with Crippen molar-refractivity contribution in [3.63, 3.8) is 0 Å². The number of carbonyl (C=O) groups excluding carboxylic acids is 1. The molecule has 2 saturated heterocycles. The summed E-state index contributed by atoms with van der Waals surface area (Å²) in [4.78, 5) is 17.7.